The molecule has 3 aromatic rings. The molecule has 28 heavy (non-hydrogen) atoms. The Balaban J connectivity index is 1.77. The molecule has 2 amide bonds. The summed E-state index contributed by atoms with van der Waals surface area (Å²) < 4.78 is 57.5. The van der Waals surface area contributed by atoms with E-state index in [0.29, 0.717) is 0 Å². The predicted molar refractivity (Wildman–Crippen MR) is 94.8 cm³/mol. The number of nitrogens with zero attached hydrogens (tertiary/aromatic N) is 1. The molecule has 0 unspecified atom stereocenters. The molecule has 144 valence electrons. The van der Waals surface area contributed by atoms with Crippen molar-refractivity contribution < 1.29 is 27.1 Å². The van der Waals surface area contributed by atoms with Gasteiger partial charge in [0.2, 0.25) is 5.88 Å². The molecule has 0 radical (unpaired) electrons. The maximum Gasteiger partial charge on any atom is 0.416 e. The number of ether oxygens (including phenoxy) is 1. The molecule has 0 fully saturated rings. The number of nitrogens with one attached hydrogen (secondary N) is 2. The molecule has 0 saturated carbocycles. The molecule has 0 aliphatic carbocycles. The van der Waals surface area contributed by atoms with Crippen LogP contribution in [-0.2, 0) is 6.18 Å². The van der Waals surface area contributed by atoms with E-state index in [1.807, 2.05) is 0 Å². The minimum Gasteiger partial charge on any atom is -0.437 e. The number of hydrogen-bond donors (Lipinski definition) is 2. The highest BCUT2D eigenvalue weighted by Crippen LogP contribution is 2.33. The second-order valence-corrected chi connectivity index (χ2v) is 5.54. The van der Waals surface area contributed by atoms with Crippen LogP contribution in [0.25, 0.3) is 0 Å². The van der Waals surface area contributed by atoms with Crippen LogP contribution >= 0.6 is 0 Å². The third-order valence-corrected chi connectivity index (χ3v) is 3.52. The molecule has 1 heterocycles. The van der Waals surface area contributed by atoms with E-state index in [0.717, 1.165) is 12.1 Å². The number of para-hydroxylation sites is 1. The zero-order valence-electron chi connectivity index (χ0n) is 14.1. The molecule has 2 N–H and O–H groups in total. The number of anilines is 2. The third kappa shape index (κ3) is 4.76. The maximum atomic E-state index is 13.6. The van der Waals surface area contributed by atoms with E-state index in [1.54, 1.807) is 6.07 Å². The largest absolute Gasteiger partial charge is 0.437 e. The summed E-state index contributed by atoms with van der Waals surface area (Å²) in [7, 11) is 0. The van der Waals surface area contributed by atoms with Crippen molar-refractivity contribution in [3.63, 3.8) is 0 Å². The van der Waals surface area contributed by atoms with Gasteiger partial charge in [-0.05, 0) is 42.5 Å². The molecule has 5 nitrogen and oxygen atoms in total. The zero-order valence-corrected chi connectivity index (χ0v) is 14.1. The minimum absolute atomic E-state index is 0.0377. The average Bonchev–Trinajstić information content (AvgIpc) is 2.65. The van der Waals surface area contributed by atoms with E-state index in [2.05, 4.69) is 15.6 Å². The first-order chi connectivity index (χ1) is 13.3. The van der Waals surface area contributed by atoms with E-state index in [-0.39, 0.29) is 23.0 Å². The van der Waals surface area contributed by atoms with Crippen LogP contribution in [-0.4, -0.2) is 11.0 Å². The fourth-order valence-electron chi connectivity index (χ4n) is 2.25. The third-order valence-electron chi connectivity index (χ3n) is 3.52. The lowest BCUT2D eigenvalue weighted by Gasteiger charge is -2.13. The van der Waals surface area contributed by atoms with Crippen molar-refractivity contribution in [3.8, 4) is 11.6 Å². The highest BCUT2D eigenvalue weighted by Gasteiger charge is 2.30. The summed E-state index contributed by atoms with van der Waals surface area (Å²) in [6.45, 7) is 0. The van der Waals surface area contributed by atoms with Crippen molar-refractivity contribution in [2.24, 2.45) is 0 Å². The Morgan fingerprint density at radius 2 is 1.64 bits per heavy atom. The van der Waals surface area contributed by atoms with Gasteiger partial charge in [0.15, 0.2) is 0 Å². The monoisotopic (exact) mass is 391 g/mol. The van der Waals surface area contributed by atoms with Gasteiger partial charge in [-0.2, -0.15) is 13.2 Å². The molecule has 0 saturated heterocycles. The Morgan fingerprint density at radius 3 is 2.39 bits per heavy atom. The van der Waals surface area contributed by atoms with Crippen LogP contribution in [0.2, 0.25) is 0 Å². The Hall–Kier alpha value is -3.62. The van der Waals surface area contributed by atoms with Crippen molar-refractivity contribution >= 4 is 17.4 Å². The van der Waals surface area contributed by atoms with E-state index < -0.39 is 23.6 Å². The highest BCUT2D eigenvalue weighted by atomic mass is 19.4. The van der Waals surface area contributed by atoms with E-state index >= 15 is 0 Å². The van der Waals surface area contributed by atoms with E-state index in [1.165, 1.54) is 48.7 Å². The number of alkyl halides is 3. The Kier molecular flexibility index (Phi) is 5.44. The number of hydrogen-bond acceptors (Lipinski definition) is 3. The molecule has 0 spiro atoms. The topological polar surface area (TPSA) is 63.2 Å². The summed E-state index contributed by atoms with van der Waals surface area (Å²) in [5.41, 5.74) is -0.828. The summed E-state index contributed by atoms with van der Waals surface area (Å²) in [5.74, 6) is -0.846. The molecule has 3 rings (SSSR count). The van der Waals surface area contributed by atoms with Crippen molar-refractivity contribution in [1.29, 1.82) is 0 Å². The van der Waals surface area contributed by atoms with E-state index in [9.17, 15) is 22.4 Å². The fraction of sp³-hybridized carbons (Fsp3) is 0.0526. The minimum atomic E-state index is -4.52. The number of amides is 2. The highest BCUT2D eigenvalue weighted by molar-refractivity contribution is 6.00. The standard InChI is InChI=1S/C19H13F4N3O2/c20-14-7-1-2-8-15(14)25-18(27)26-16-9-4-10-24-17(16)28-13-6-3-5-12(11-13)19(21,22)23/h1-11H,(H2,25,26,27). The van der Waals surface area contributed by atoms with Crippen molar-refractivity contribution in [2.45, 2.75) is 6.18 Å². The van der Waals surface area contributed by atoms with Gasteiger partial charge in [-0.15, -0.1) is 0 Å². The summed E-state index contributed by atoms with van der Waals surface area (Å²) in [6, 6.07) is 12.0. The predicted octanol–water partition coefficient (Wildman–Crippen LogP) is 5.68. The molecule has 0 aliphatic rings. The number of carbonyl (C=O) groups excluding carboxylic acids is 1. The number of carbonyl (C=O) groups is 1. The van der Waals surface area contributed by atoms with Gasteiger partial charge in [0.1, 0.15) is 17.3 Å². The first kappa shape index (κ1) is 19.2. The van der Waals surface area contributed by atoms with Gasteiger partial charge in [-0.1, -0.05) is 18.2 Å². The number of halogens is 4. The zero-order chi connectivity index (χ0) is 20.1. The van der Waals surface area contributed by atoms with Crippen LogP contribution in [0.1, 0.15) is 5.56 Å². The average molecular weight is 391 g/mol. The Morgan fingerprint density at radius 1 is 0.929 bits per heavy atom. The summed E-state index contributed by atoms with van der Waals surface area (Å²) in [5, 5.41) is 4.75. The first-order valence-corrected chi connectivity index (χ1v) is 7.95. The van der Waals surface area contributed by atoms with Gasteiger partial charge in [0, 0.05) is 6.20 Å². The Bertz CT molecular complexity index is 993. The fourth-order valence-corrected chi connectivity index (χ4v) is 2.25. The van der Waals surface area contributed by atoms with Gasteiger partial charge in [0.25, 0.3) is 0 Å². The molecule has 0 bridgehead atoms. The lowest BCUT2D eigenvalue weighted by molar-refractivity contribution is -0.137. The van der Waals surface area contributed by atoms with Gasteiger partial charge >= 0.3 is 12.2 Å². The summed E-state index contributed by atoms with van der Waals surface area (Å²) >= 11 is 0. The smallest absolute Gasteiger partial charge is 0.416 e. The second-order valence-electron chi connectivity index (χ2n) is 5.54. The Labute approximate surface area is 157 Å². The number of aromatic nitrogens is 1. The first-order valence-electron chi connectivity index (χ1n) is 7.95. The van der Waals surface area contributed by atoms with Crippen LogP contribution in [0.15, 0.2) is 66.9 Å². The van der Waals surface area contributed by atoms with Crippen molar-refractivity contribution in [1.82, 2.24) is 4.98 Å². The molecule has 1 aromatic heterocycles. The lowest BCUT2D eigenvalue weighted by Crippen LogP contribution is -2.20. The van der Waals surface area contributed by atoms with Crippen LogP contribution < -0.4 is 15.4 Å². The molecule has 0 atom stereocenters. The molecular formula is C19H13F4N3O2. The van der Waals surface area contributed by atoms with Crippen molar-refractivity contribution in [3.05, 3.63) is 78.2 Å². The molecule has 2 aromatic carbocycles. The van der Waals surface area contributed by atoms with Gasteiger partial charge < -0.3 is 15.4 Å². The molecule has 9 heteroatoms. The van der Waals surface area contributed by atoms with E-state index in [4.69, 9.17) is 4.74 Å². The number of rotatable bonds is 4. The number of benzene rings is 2. The quantitative estimate of drug-likeness (QED) is 0.563. The van der Waals surface area contributed by atoms with Crippen LogP contribution in [0.4, 0.5) is 33.7 Å². The molecule has 0 aliphatic heterocycles. The van der Waals surface area contributed by atoms with Crippen LogP contribution in [0.3, 0.4) is 0 Å². The van der Waals surface area contributed by atoms with Crippen molar-refractivity contribution in [2.75, 3.05) is 10.6 Å². The summed E-state index contributed by atoms with van der Waals surface area (Å²) in [6.07, 6.45) is -3.17. The number of urea groups is 1. The second kappa shape index (κ2) is 7.95. The van der Waals surface area contributed by atoms with Crippen LogP contribution in [0, 0.1) is 5.82 Å². The molecular weight excluding hydrogens is 378 g/mol. The normalized spacial score (nSPS) is 11.0. The van der Waals surface area contributed by atoms with Gasteiger partial charge in [-0.25, -0.2) is 14.2 Å². The van der Waals surface area contributed by atoms with Crippen LogP contribution in [0.5, 0.6) is 11.6 Å². The van der Waals surface area contributed by atoms with Gasteiger partial charge in [0.05, 0.1) is 11.3 Å². The summed E-state index contributed by atoms with van der Waals surface area (Å²) in [4.78, 5) is 16.0. The maximum absolute atomic E-state index is 13.6. The van der Waals surface area contributed by atoms with Gasteiger partial charge in [-0.3, -0.25) is 0 Å². The SMILES string of the molecule is O=C(Nc1ccccc1F)Nc1cccnc1Oc1cccc(C(F)(F)F)c1. The lowest BCUT2D eigenvalue weighted by atomic mass is 10.2. The number of pyridine rings is 1.